The van der Waals surface area contributed by atoms with Crippen LogP contribution in [0.15, 0.2) is 48.5 Å². The summed E-state index contributed by atoms with van der Waals surface area (Å²) in [5.41, 5.74) is 3.74. The van der Waals surface area contributed by atoms with Crippen LogP contribution in [0.3, 0.4) is 0 Å². The first-order valence-corrected chi connectivity index (χ1v) is 9.75. The molecule has 2 rings (SSSR count). The van der Waals surface area contributed by atoms with Crippen molar-refractivity contribution in [1.29, 1.82) is 0 Å². The normalized spacial score (nSPS) is 11.1. The molecule has 2 N–H and O–H groups in total. The average molecular weight is 371 g/mol. The maximum Gasteiger partial charge on any atom is 0.234 e. The molecule has 2 aromatic carbocycles. The number of nitrogens with one attached hydrogen (secondary N) is 2. The van der Waals surface area contributed by atoms with Crippen LogP contribution in [-0.4, -0.2) is 23.3 Å². The smallest absolute Gasteiger partial charge is 0.234 e. The molecule has 2 amide bonds. The lowest BCUT2D eigenvalue weighted by Crippen LogP contribution is -2.21. The van der Waals surface area contributed by atoms with Crippen LogP contribution in [-0.2, 0) is 15.0 Å². The second-order valence-electron chi connectivity index (χ2n) is 7.25. The number of benzene rings is 2. The zero-order chi connectivity index (χ0) is 19.2. The summed E-state index contributed by atoms with van der Waals surface area (Å²) in [7, 11) is 0. The summed E-state index contributed by atoms with van der Waals surface area (Å²) in [4.78, 5) is 24.2. The van der Waals surface area contributed by atoms with Crippen molar-refractivity contribution >= 4 is 35.0 Å². The van der Waals surface area contributed by atoms with E-state index in [4.69, 9.17) is 0 Å². The third-order valence-electron chi connectivity index (χ3n) is 3.78. The Morgan fingerprint density at radius 3 is 2.23 bits per heavy atom. The molecule has 5 heteroatoms. The van der Waals surface area contributed by atoms with Gasteiger partial charge in [-0.25, -0.2) is 0 Å². The van der Waals surface area contributed by atoms with Gasteiger partial charge in [0.05, 0.1) is 11.5 Å². The Balaban J connectivity index is 1.82. The zero-order valence-electron chi connectivity index (χ0n) is 15.8. The molecule has 0 aliphatic carbocycles. The minimum absolute atomic E-state index is 0.0509. The molecule has 4 nitrogen and oxygen atoms in total. The van der Waals surface area contributed by atoms with E-state index in [1.54, 1.807) is 0 Å². The maximum absolute atomic E-state index is 12.2. The third-order valence-corrected chi connectivity index (χ3v) is 4.71. The van der Waals surface area contributed by atoms with Gasteiger partial charge in [-0.15, -0.1) is 11.8 Å². The van der Waals surface area contributed by atoms with E-state index >= 15 is 0 Å². The van der Waals surface area contributed by atoms with Gasteiger partial charge in [-0.3, -0.25) is 9.59 Å². The summed E-state index contributed by atoms with van der Waals surface area (Å²) in [6, 6.07) is 15.5. The average Bonchev–Trinajstić information content (AvgIpc) is 2.54. The fraction of sp³-hybridized carbons (Fsp3) is 0.333. The Bertz CT molecular complexity index is 782. The van der Waals surface area contributed by atoms with Gasteiger partial charge in [0.25, 0.3) is 0 Å². The minimum atomic E-state index is -0.108. The first kappa shape index (κ1) is 20.0. The Morgan fingerprint density at radius 2 is 1.58 bits per heavy atom. The fourth-order valence-electron chi connectivity index (χ4n) is 2.59. The van der Waals surface area contributed by atoms with Crippen molar-refractivity contribution in [3.8, 4) is 0 Å². The highest BCUT2D eigenvalue weighted by Crippen LogP contribution is 2.29. The van der Waals surface area contributed by atoms with Crippen molar-refractivity contribution in [2.75, 3.05) is 22.1 Å². The van der Waals surface area contributed by atoms with Crippen molar-refractivity contribution < 1.29 is 9.59 Å². The second kappa shape index (κ2) is 8.90. The van der Waals surface area contributed by atoms with Gasteiger partial charge in [0.15, 0.2) is 0 Å². The quantitative estimate of drug-likeness (QED) is 0.781. The number of hydrogen-bond acceptors (Lipinski definition) is 3. The van der Waals surface area contributed by atoms with Crippen molar-refractivity contribution in [2.24, 2.45) is 0 Å². The largest absolute Gasteiger partial charge is 0.325 e. The summed E-state index contributed by atoms with van der Waals surface area (Å²) in [6.07, 6.45) is 0. The first-order chi connectivity index (χ1) is 12.3. The second-order valence-corrected chi connectivity index (χ2v) is 8.24. The van der Waals surface area contributed by atoms with E-state index in [9.17, 15) is 9.59 Å². The molecular weight excluding hydrogens is 344 g/mol. The molecular formula is C21H26N2O2S. The standard InChI is InChI=1S/C21H26N2O2S/c1-15-8-7-9-16(12-15)22-19(24)13-26-14-20(25)23-18-11-6-5-10-17(18)21(2,3)4/h5-12H,13-14H2,1-4H3,(H,22,24)(H,23,25). The third kappa shape index (κ3) is 6.23. The van der Waals surface area contributed by atoms with Crippen molar-refractivity contribution in [1.82, 2.24) is 0 Å². The van der Waals surface area contributed by atoms with Gasteiger partial charge in [0.1, 0.15) is 0 Å². The monoisotopic (exact) mass is 370 g/mol. The number of thioether (sulfide) groups is 1. The van der Waals surface area contributed by atoms with Crippen LogP contribution in [0.1, 0.15) is 31.9 Å². The van der Waals surface area contributed by atoms with Gasteiger partial charge in [0.2, 0.25) is 11.8 Å². The van der Waals surface area contributed by atoms with Gasteiger partial charge >= 0.3 is 0 Å². The number of rotatable bonds is 6. The van der Waals surface area contributed by atoms with Crippen LogP contribution in [0.2, 0.25) is 0 Å². The molecule has 0 fully saturated rings. The fourth-order valence-corrected chi connectivity index (χ4v) is 3.21. The van der Waals surface area contributed by atoms with Gasteiger partial charge in [-0.2, -0.15) is 0 Å². The topological polar surface area (TPSA) is 58.2 Å². The first-order valence-electron chi connectivity index (χ1n) is 8.59. The molecule has 26 heavy (non-hydrogen) atoms. The SMILES string of the molecule is Cc1cccc(NC(=O)CSCC(=O)Nc2ccccc2C(C)(C)C)c1. The summed E-state index contributed by atoms with van der Waals surface area (Å²) in [5.74, 6) is 0.265. The summed E-state index contributed by atoms with van der Waals surface area (Å²) < 4.78 is 0. The van der Waals surface area contributed by atoms with E-state index < -0.39 is 0 Å². The molecule has 0 spiro atoms. The molecule has 138 valence electrons. The highest BCUT2D eigenvalue weighted by atomic mass is 32.2. The lowest BCUT2D eigenvalue weighted by Gasteiger charge is -2.22. The molecule has 2 aromatic rings. The molecule has 0 aliphatic rings. The molecule has 0 atom stereocenters. The van der Waals surface area contributed by atoms with Crippen LogP contribution in [0.5, 0.6) is 0 Å². The summed E-state index contributed by atoms with van der Waals surface area (Å²) >= 11 is 1.30. The Morgan fingerprint density at radius 1 is 0.923 bits per heavy atom. The highest BCUT2D eigenvalue weighted by molar-refractivity contribution is 8.00. The van der Waals surface area contributed by atoms with E-state index in [2.05, 4.69) is 31.4 Å². The number of anilines is 2. The number of para-hydroxylation sites is 1. The van der Waals surface area contributed by atoms with E-state index in [1.165, 1.54) is 11.8 Å². The van der Waals surface area contributed by atoms with Crippen LogP contribution < -0.4 is 10.6 Å². The van der Waals surface area contributed by atoms with Gasteiger partial charge in [-0.1, -0.05) is 51.1 Å². The van der Waals surface area contributed by atoms with Crippen LogP contribution in [0.4, 0.5) is 11.4 Å². The predicted octanol–water partition coefficient (Wildman–Crippen LogP) is 4.60. The Hall–Kier alpha value is -2.27. The molecule has 0 unspecified atom stereocenters. The van der Waals surface area contributed by atoms with Crippen molar-refractivity contribution in [3.63, 3.8) is 0 Å². The number of carbonyl (C=O) groups is 2. The maximum atomic E-state index is 12.2. The van der Waals surface area contributed by atoms with Crippen LogP contribution >= 0.6 is 11.8 Å². The van der Waals surface area contributed by atoms with E-state index in [0.29, 0.717) is 0 Å². The molecule has 0 saturated heterocycles. The Kier molecular flexibility index (Phi) is 6.86. The summed E-state index contributed by atoms with van der Waals surface area (Å²) in [5, 5.41) is 5.80. The van der Waals surface area contributed by atoms with E-state index in [1.807, 2.05) is 55.5 Å². The van der Waals surface area contributed by atoms with E-state index in [0.717, 1.165) is 22.5 Å². The van der Waals surface area contributed by atoms with Gasteiger partial charge in [-0.05, 0) is 41.7 Å². The van der Waals surface area contributed by atoms with Crippen LogP contribution in [0.25, 0.3) is 0 Å². The Labute approximate surface area is 159 Å². The van der Waals surface area contributed by atoms with Gasteiger partial charge in [0, 0.05) is 11.4 Å². The lowest BCUT2D eigenvalue weighted by atomic mass is 9.86. The number of hydrogen-bond donors (Lipinski definition) is 2. The minimum Gasteiger partial charge on any atom is -0.325 e. The molecule has 0 aromatic heterocycles. The number of aryl methyl sites for hydroxylation is 1. The zero-order valence-corrected chi connectivity index (χ0v) is 16.6. The van der Waals surface area contributed by atoms with E-state index in [-0.39, 0.29) is 28.7 Å². The van der Waals surface area contributed by atoms with Crippen molar-refractivity contribution in [3.05, 3.63) is 59.7 Å². The molecule has 0 radical (unpaired) electrons. The van der Waals surface area contributed by atoms with Crippen LogP contribution in [0, 0.1) is 6.92 Å². The number of carbonyl (C=O) groups excluding carboxylic acids is 2. The predicted molar refractivity (Wildman–Crippen MR) is 111 cm³/mol. The lowest BCUT2D eigenvalue weighted by molar-refractivity contribution is -0.114. The summed E-state index contributed by atoms with van der Waals surface area (Å²) in [6.45, 7) is 8.32. The molecule has 0 aliphatic heterocycles. The molecule has 0 saturated carbocycles. The highest BCUT2D eigenvalue weighted by Gasteiger charge is 2.18. The van der Waals surface area contributed by atoms with Gasteiger partial charge < -0.3 is 10.6 Å². The number of amides is 2. The van der Waals surface area contributed by atoms with Crippen molar-refractivity contribution in [2.45, 2.75) is 33.1 Å². The molecule has 0 heterocycles. The molecule has 0 bridgehead atoms.